The molecular formula is C14H17NO2S. The number of carbonyl (C=O) groups excluding carboxylic acids is 1. The van der Waals surface area contributed by atoms with Crippen molar-refractivity contribution in [1.29, 1.82) is 0 Å². The van der Waals surface area contributed by atoms with Crippen molar-refractivity contribution in [3.8, 4) is 5.88 Å². The summed E-state index contributed by atoms with van der Waals surface area (Å²) in [5.74, 6) is 0.0702. The van der Waals surface area contributed by atoms with Gasteiger partial charge in [-0.3, -0.25) is 4.79 Å². The molecule has 0 fully saturated rings. The Labute approximate surface area is 113 Å². The van der Waals surface area contributed by atoms with E-state index in [4.69, 9.17) is 4.74 Å². The Morgan fingerprint density at radius 3 is 3.00 bits per heavy atom. The average molecular weight is 263 g/mol. The molecule has 0 aromatic carbocycles. The number of carbonyl (C=O) groups is 1. The van der Waals surface area contributed by atoms with Crippen molar-refractivity contribution in [2.24, 2.45) is 0 Å². The topological polar surface area (TPSA) is 39.2 Å². The van der Waals surface area contributed by atoms with Crippen LogP contribution < -0.4 is 4.74 Å². The highest BCUT2D eigenvalue weighted by molar-refractivity contribution is 7.81. The van der Waals surface area contributed by atoms with Gasteiger partial charge in [0, 0.05) is 17.5 Å². The number of thiol groups is 1. The monoisotopic (exact) mass is 263 g/mol. The number of hydrogen-bond donors (Lipinski definition) is 1. The Morgan fingerprint density at radius 1 is 1.44 bits per heavy atom. The fraction of sp³-hybridized carbons (Fsp3) is 0.429. The van der Waals surface area contributed by atoms with Crippen molar-refractivity contribution in [3.63, 3.8) is 0 Å². The van der Waals surface area contributed by atoms with Gasteiger partial charge in [-0.05, 0) is 31.7 Å². The lowest BCUT2D eigenvalue weighted by Gasteiger charge is -2.18. The van der Waals surface area contributed by atoms with Gasteiger partial charge in [-0.2, -0.15) is 12.6 Å². The van der Waals surface area contributed by atoms with Gasteiger partial charge in [-0.15, -0.1) is 0 Å². The zero-order valence-corrected chi connectivity index (χ0v) is 11.1. The molecule has 1 unspecified atom stereocenters. The normalized spacial score (nSPS) is 16.8. The quantitative estimate of drug-likeness (QED) is 0.515. The molecule has 0 N–H and O–H groups in total. The fourth-order valence-corrected chi connectivity index (χ4v) is 2.40. The number of ether oxygens (including phenoxy) is 1. The first kappa shape index (κ1) is 13.1. The molecule has 4 heteroatoms. The summed E-state index contributed by atoms with van der Waals surface area (Å²) in [5.41, 5.74) is 1.27. The van der Waals surface area contributed by atoms with Crippen LogP contribution in [0.15, 0.2) is 36.0 Å². The summed E-state index contributed by atoms with van der Waals surface area (Å²) in [6.45, 7) is 0. The van der Waals surface area contributed by atoms with E-state index in [1.807, 2.05) is 0 Å². The van der Waals surface area contributed by atoms with Crippen molar-refractivity contribution in [2.45, 2.75) is 37.4 Å². The van der Waals surface area contributed by atoms with E-state index in [2.05, 4.69) is 23.7 Å². The second-order valence-corrected chi connectivity index (χ2v) is 5.01. The Morgan fingerprint density at radius 2 is 2.33 bits per heavy atom. The predicted octanol–water partition coefficient (Wildman–Crippen LogP) is 3.18. The van der Waals surface area contributed by atoms with Gasteiger partial charge in [0.05, 0.1) is 6.42 Å². The molecule has 0 aliphatic heterocycles. The van der Waals surface area contributed by atoms with E-state index in [-0.39, 0.29) is 11.2 Å². The van der Waals surface area contributed by atoms with Crippen molar-refractivity contribution >= 4 is 18.6 Å². The molecule has 0 saturated heterocycles. The maximum Gasteiger partial charge on any atom is 0.313 e. The van der Waals surface area contributed by atoms with Crippen LogP contribution in [0.3, 0.4) is 0 Å². The first-order valence-corrected chi connectivity index (χ1v) is 6.76. The fourth-order valence-electron chi connectivity index (χ4n) is 2.02. The zero-order valence-electron chi connectivity index (χ0n) is 10.2. The van der Waals surface area contributed by atoms with Gasteiger partial charge in [-0.1, -0.05) is 17.7 Å². The molecule has 3 nitrogen and oxygen atoms in total. The molecule has 1 aromatic heterocycles. The molecule has 96 valence electrons. The van der Waals surface area contributed by atoms with Crippen LogP contribution in [0.5, 0.6) is 5.88 Å². The van der Waals surface area contributed by atoms with Gasteiger partial charge < -0.3 is 4.74 Å². The first-order valence-electron chi connectivity index (χ1n) is 6.24. The van der Waals surface area contributed by atoms with E-state index in [9.17, 15) is 4.79 Å². The average Bonchev–Trinajstić information content (AvgIpc) is 2.40. The molecule has 1 aliphatic rings. The maximum absolute atomic E-state index is 11.7. The van der Waals surface area contributed by atoms with E-state index < -0.39 is 0 Å². The van der Waals surface area contributed by atoms with Crippen LogP contribution in [-0.4, -0.2) is 16.2 Å². The Bertz CT molecular complexity index is 431. The second-order valence-electron chi connectivity index (χ2n) is 4.39. The third kappa shape index (κ3) is 3.88. The summed E-state index contributed by atoms with van der Waals surface area (Å²) in [5, 5.41) is -0.0264. The number of allylic oxidation sites excluding steroid dienone is 1. The SMILES string of the molecule is O=C(CC(S)C1=CCCCC1)Oc1ccccn1. The van der Waals surface area contributed by atoms with E-state index in [1.165, 1.54) is 18.4 Å². The van der Waals surface area contributed by atoms with Crippen molar-refractivity contribution < 1.29 is 9.53 Å². The summed E-state index contributed by atoms with van der Waals surface area (Å²) in [4.78, 5) is 15.7. The van der Waals surface area contributed by atoms with E-state index in [0.717, 1.165) is 12.8 Å². The zero-order chi connectivity index (χ0) is 12.8. The van der Waals surface area contributed by atoms with Crippen LogP contribution in [0.2, 0.25) is 0 Å². The Kier molecular flexibility index (Phi) is 4.81. The maximum atomic E-state index is 11.7. The molecule has 1 heterocycles. The Balaban J connectivity index is 1.85. The molecule has 2 rings (SSSR count). The van der Waals surface area contributed by atoms with Crippen molar-refractivity contribution in [1.82, 2.24) is 4.98 Å². The molecular weight excluding hydrogens is 246 g/mol. The third-order valence-electron chi connectivity index (χ3n) is 2.97. The van der Waals surface area contributed by atoms with E-state index in [1.54, 1.807) is 24.4 Å². The minimum Gasteiger partial charge on any atom is -0.407 e. The van der Waals surface area contributed by atoms with Gasteiger partial charge in [0.25, 0.3) is 0 Å². The molecule has 0 saturated carbocycles. The Hall–Kier alpha value is -1.29. The molecule has 0 bridgehead atoms. The second kappa shape index (κ2) is 6.59. The lowest BCUT2D eigenvalue weighted by atomic mass is 9.96. The predicted molar refractivity (Wildman–Crippen MR) is 73.8 cm³/mol. The van der Waals surface area contributed by atoms with Gasteiger partial charge in [-0.25, -0.2) is 4.98 Å². The van der Waals surface area contributed by atoms with Gasteiger partial charge >= 0.3 is 5.97 Å². The van der Waals surface area contributed by atoms with Crippen molar-refractivity contribution in [3.05, 3.63) is 36.0 Å². The smallest absolute Gasteiger partial charge is 0.313 e. The number of nitrogens with zero attached hydrogens (tertiary/aromatic N) is 1. The summed E-state index contributed by atoms with van der Waals surface area (Å²) in [6, 6.07) is 5.24. The molecule has 1 aromatic rings. The minimum atomic E-state index is -0.278. The van der Waals surface area contributed by atoms with Gasteiger partial charge in [0.15, 0.2) is 0 Å². The number of pyridine rings is 1. The minimum absolute atomic E-state index is 0.0264. The van der Waals surface area contributed by atoms with Crippen LogP contribution in [0.1, 0.15) is 32.1 Å². The lowest BCUT2D eigenvalue weighted by molar-refractivity contribution is -0.134. The van der Waals surface area contributed by atoms with Gasteiger partial charge in [0.1, 0.15) is 0 Å². The largest absolute Gasteiger partial charge is 0.407 e. The molecule has 0 radical (unpaired) electrons. The first-order chi connectivity index (χ1) is 8.75. The van der Waals surface area contributed by atoms with Crippen LogP contribution >= 0.6 is 12.6 Å². The van der Waals surface area contributed by atoms with E-state index >= 15 is 0 Å². The molecule has 0 amide bonds. The molecule has 18 heavy (non-hydrogen) atoms. The van der Waals surface area contributed by atoms with Crippen LogP contribution in [0, 0.1) is 0 Å². The number of hydrogen-bond acceptors (Lipinski definition) is 4. The number of rotatable bonds is 4. The summed E-state index contributed by atoms with van der Waals surface area (Å²) in [7, 11) is 0. The highest BCUT2D eigenvalue weighted by atomic mass is 32.1. The molecule has 1 atom stereocenters. The lowest BCUT2D eigenvalue weighted by Crippen LogP contribution is -2.17. The van der Waals surface area contributed by atoms with Crippen LogP contribution in [-0.2, 0) is 4.79 Å². The van der Waals surface area contributed by atoms with Crippen molar-refractivity contribution in [2.75, 3.05) is 0 Å². The standard InChI is InChI=1S/C14H17NO2S/c16-14(17-13-8-4-5-9-15-13)10-12(18)11-6-2-1-3-7-11/h4-6,8-9,12,18H,1-3,7,10H2. The molecule has 1 aliphatic carbocycles. The van der Waals surface area contributed by atoms with Crippen LogP contribution in [0.4, 0.5) is 0 Å². The highest BCUT2D eigenvalue weighted by Crippen LogP contribution is 2.25. The summed E-state index contributed by atoms with van der Waals surface area (Å²) < 4.78 is 5.15. The summed E-state index contributed by atoms with van der Waals surface area (Å²) in [6.07, 6.45) is 8.68. The third-order valence-corrected chi connectivity index (χ3v) is 3.48. The number of esters is 1. The van der Waals surface area contributed by atoms with E-state index in [0.29, 0.717) is 12.3 Å². The highest BCUT2D eigenvalue weighted by Gasteiger charge is 2.17. The number of aromatic nitrogens is 1. The summed E-state index contributed by atoms with van der Waals surface area (Å²) >= 11 is 4.49. The molecule has 0 spiro atoms. The van der Waals surface area contributed by atoms with Gasteiger partial charge in [0.2, 0.25) is 5.88 Å². The van der Waals surface area contributed by atoms with Crippen LogP contribution in [0.25, 0.3) is 0 Å².